The monoisotopic (exact) mass is 992 g/mol. The zero-order chi connectivity index (χ0) is 54.4. The van der Waals surface area contributed by atoms with E-state index in [0.717, 1.165) is 81.1 Å². The first-order valence-corrected chi connectivity index (χ1v) is 29.3. The largest absolute Gasteiger partial charge is 0.460 e. The maximum Gasteiger partial charge on any atom is 0.306 e. The van der Waals surface area contributed by atoms with Gasteiger partial charge in [-0.3, -0.25) is 14.4 Å². The predicted molar refractivity (Wildman–Crippen MR) is 307 cm³/mol. The molecular weight excluding hydrogens is 867 g/mol. The summed E-state index contributed by atoms with van der Waals surface area (Å²) >= 11 is 0. The molecule has 0 N–H and O–H groups in total. The fourth-order valence-electron chi connectivity index (χ4n) is 8.97. The fraction of sp³-hybridized carbons (Fsp3) is 0.889. The molecule has 0 aliphatic heterocycles. The van der Waals surface area contributed by atoms with Crippen LogP contribution in [0, 0.1) is 35.0 Å². The van der Waals surface area contributed by atoms with Crippen LogP contribution in [0.2, 0.25) is 0 Å². The summed E-state index contributed by atoms with van der Waals surface area (Å²) in [6, 6.07) is 0. The van der Waals surface area contributed by atoms with Gasteiger partial charge in [-0.2, -0.15) is 0 Å². The van der Waals surface area contributed by atoms with Crippen molar-refractivity contribution in [1.29, 1.82) is 0 Å². The topological polar surface area (TPSA) is 82.1 Å². The Bertz CT molecular complexity index is 1150. The number of hydrogen-bond acceptors (Lipinski definition) is 7. The van der Waals surface area contributed by atoms with E-state index in [9.17, 15) is 14.4 Å². The summed E-state index contributed by atoms with van der Waals surface area (Å²) in [6.07, 6.45) is 37.7. The van der Waals surface area contributed by atoms with Crippen LogP contribution in [-0.2, 0) is 28.6 Å². The van der Waals surface area contributed by atoms with Gasteiger partial charge in [0.2, 0.25) is 0 Å². The molecule has 418 valence electrons. The van der Waals surface area contributed by atoms with Crippen molar-refractivity contribution in [2.75, 3.05) is 20.6 Å². The van der Waals surface area contributed by atoms with Gasteiger partial charge in [0.1, 0.15) is 17.8 Å². The average molecular weight is 993 g/mol. The van der Waals surface area contributed by atoms with Gasteiger partial charge in [-0.15, -0.1) is 0 Å². The SMILES string of the molecule is CC(C)C(C(C)C)C(C)(C)C.CCCCCC/C=C\C(C)OC(=O)CCCCCCCC(C)C.CCCCCC/C=C\C(C)OC(=O)CCCCCCCC(C)C.CN(C)CCCC(=O)OC(C)(C)C. The van der Waals surface area contributed by atoms with Crippen molar-refractivity contribution in [2.24, 2.45) is 35.0 Å². The summed E-state index contributed by atoms with van der Waals surface area (Å²) < 4.78 is 16.0. The molecule has 0 fully saturated rings. The molecule has 0 radical (unpaired) electrons. The van der Waals surface area contributed by atoms with Gasteiger partial charge in [0.15, 0.2) is 0 Å². The van der Waals surface area contributed by atoms with E-state index < -0.39 is 0 Å². The Morgan fingerprint density at radius 1 is 0.457 bits per heavy atom. The molecule has 0 saturated carbocycles. The van der Waals surface area contributed by atoms with Crippen LogP contribution in [-0.4, -0.2) is 61.3 Å². The molecule has 0 heterocycles. The Labute approximate surface area is 439 Å². The normalized spacial score (nSPS) is 12.8. The van der Waals surface area contributed by atoms with Crippen molar-refractivity contribution in [2.45, 2.75) is 309 Å². The molecule has 0 bridgehead atoms. The first kappa shape index (κ1) is 74.4. The Morgan fingerprint density at radius 3 is 1.10 bits per heavy atom. The van der Waals surface area contributed by atoms with Crippen LogP contribution in [0.1, 0.15) is 292 Å². The highest BCUT2D eigenvalue weighted by molar-refractivity contribution is 5.70. The van der Waals surface area contributed by atoms with E-state index in [4.69, 9.17) is 14.2 Å². The van der Waals surface area contributed by atoms with Gasteiger partial charge in [0.05, 0.1) is 0 Å². The van der Waals surface area contributed by atoms with Crippen LogP contribution in [0.25, 0.3) is 0 Å². The summed E-state index contributed by atoms with van der Waals surface area (Å²) in [5, 5.41) is 0. The number of hydrogen-bond donors (Lipinski definition) is 0. The average Bonchev–Trinajstić information content (AvgIpc) is 3.21. The van der Waals surface area contributed by atoms with Crippen LogP contribution >= 0.6 is 0 Å². The van der Waals surface area contributed by atoms with E-state index in [0.29, 0.717) is 24.7 Å². The predicted octanol–water partition coefficient (Wildman–Crippen LogP) is 19.3. The molecule has 0 aromatic rings. The van der Waals surface area contributed by atoms with E-state index in [1.165, 1.54) is 103 Å². The molecule has 70 heavy (non-hydrogen) atoms. The molecule has 0 aliphatic carbocycles. The second-order valence-corrected chi connectivity index (χ2v) is 24.2. The van der Waals surface area contributed by atoms with Crippen molar-refractivity contribution in [3.05, 3.63) is 24.3 Å². The van der Waals surface area contributed by atoms with Crippen molar-refractivity contribution in [1.82, 2.24) is 4.90 Å². The molecule has 2 unspecified atom stereocenters. The van der Waals surface area contributed by atoms with E-state index in [2.05, 4.69) is 107 Å². The van der Waals surface area contributed by atoms with Gasteiger partial charge < -0.3 is 19.1 Å². The maximum atomic E-state index is 11.7. The lowest BCUT2D eigenvalue weighted by molar-refractivity contribution is -0.155. The van der Waals surface area contributed by atoms with E-state index in [-0.39, 0.29) is 35.7 Å². The Hall–Kier alpha value is -2.15. The van der Waals surface area contributed by atoms with Crippen molar-refractivity contribution < 1.29 is 28.6 Å². The molecule has 0 spiro atoms. The van der Waals surface area contributed by atoms with E-state index in [1.807, 2.05) is 60.9 Å². The molecule has 7 heteroatoms. The van der Waals surface area contributed by atoms with Crippen LogP contribution in [0.5, 0.6) is 0 Å². The molecule has 0 aromatic carbocycles. The zero-order valence-electron chi connectivity index (χ0n) is 50.8. The van der Waals surface area contributed by atoms with Gasteiger partial charge >= 0.3 is 17.9 Å². The second-order valence-electron chi connectivity index (χ2n) is 24.2. The molecule has 0 rings (SSSR count). The van der Waals surface area contributed by atoms with Gasteiger partial charge in [-0.25, -0.2) is 0 Å². The van der Waals surface area contributed by atoms with Crippen LogP contribution in [0.4, 0.5) is 0 Å². The van der Waals surface area contributed by atoms with Crippen LogP contribution in [0.15, 0.2) is 24.3 Å². The van der Waals surface area contributed by atoms with Gasteiger partial charge in [0.25, 0.3) is 0 Å². The number of ether oxygens (including phenoxy) is 3. The lowest BCUT2D eigenvalue weighted by atomic mass is 9.69. The molecule has 0 aromatic heterocycles. The molecule has 0 aliphatic rings. The highest BCUT2D eigenvalue weighted by Gasteiger charge is 2.29. The number of nitrogens with zero attached hydrogens (tertiary/aromatic N) is 1. The number of allylic oxidation sites excluding steroid dienone is 2. The number of esters is 3. The van der Waals surface area contributed by atoms with Crippen molar-refractivity contribution in [3.8, 4) is 0 Å². The summed E-state index contributed by atoms with van der Waals surface area (Å²) in [5.74, 6) is 3.87. The fourth-order valence-corrected chi connectivity index (χ4v) is 8.97. The highest BCUT2D eigenvalue weighted by atomic mass is 16.6. The lowest BCUT2D eigenvalue weighted by Crippen LogP contribution is -2.29. The number of unbranched alkanes of at least 4 members (excludes halogenated alkanes) is 16. The Kier molecular flexibility index (Phi) is 52.2. The Morgan fingerprint density at radius 2 is 0.800 bits per heavy atom. The summed E-state index contributed by atoms with van der Waals surface area (Å²) in [6.45, 7) is 40.4. The van der Waals surface area contributed by atoms with Gasteiger partial charge in [-0.1, -0.05) is 205 Å². The van der Waals surface area contributed by atoms with Gasteiger partial charge in [0, 0.05) is 19.3 Å². The van der Waals surface area contributed by atoms with Crippen molar-refractivity contribution in [3.63, 3.8) is 0 Å². The second kappa shape index (κ2) is 49.1. The summed E-state index contributed by atoms with van der Waals surface area (Å²) in [4.78, 5) is 36.8. The first-order chi connectivity index (χ1) is 32.7. The van der Waals surface area contributed by atoms with E-state index >= 15 is 0 Å². The molecule has 2 atom stereocenters. The van der Waals surface area contributed by atoms with Crippen LogP contribution < -0.4 is 0 Å². The first-order valence-electron chi connectivity index (χ1n) is 29.3. The zero-order valence-corrected chi connectivity index (χ0v) is 50.8. The van der Waals surface area contributed by atoms with Crippen molar-refractivity contribution >= 4 is 17.9 Å². The standard InChI is InChI=1S/2C21H40O2.C11H24.C10H21NO2/c2*1-5-6-7-8-11-14-17-20(4)23-21(22)18-15-12-9-10-13-16-19(2)3;1-8(2)10(9(3)4)11(5,6)7;1-10(2,3)13-9(12)7-6-8-11(4)5/h2*14,17,19-20H,5-13,15-16,18H2,1-4H3;8-10H,1-7H3;6-8H2,1-5H3/b2*17-14-;;. The maximum absolute atomic E-state index is 11.7. The molecule has 7 nitrogen and oxygen atoms in total. The smallest absolute Gasteiger partial charge is 0.306 e. The van der Waals surface area contributed by atoms with E-state index in [1.54, 1.807) is 0 Å². The minimum atomic E-state index is -0.352. The summed E-state index contributed by atoms with van der Waals surface area (Å²) in [5.41, 5.74) is 0.109. The van der Waals surface area contributed by atoms with Gasteiger partial charge in [-0.05, 0) is 147 Å². The number of rotatable bonds is 36. The molecular formula is C63H125NO6. The quantitative estimate of drug-likeness (QED) is 0.0268. The van der Waals surface area contributed by atoms with Crippen LogP contribution in [0.3, 0.4) is 0 Å². The highest BCUT2D eigenvalue weighted by Crippen LogP contribution is 2.37. The molecule has 0 saturated heterocycles. The lowest BCUT2D eigenvalue weighted by Gasteiger charge is -2.37. The third-order valence-corrected chi connectivity index (χ3v) is 12.1. The summed E-state index contributed by atoms with van der Waals surface area (Å²) in [7, 11) is 3.99. The minimum Gasteiger partial charge on any atom is -0.460 e. The third kappa shape index (κ3) is 62.0. The molecule has 0 amide bonds. The third-order valence-electron chi connectivity index (χ3n) is 12.1. The minimum absolute atomic E-state index is 0.0460. The Balaban J connectivity index is -0.000000434. The number of carbonyl (C=O) groups is 3. The number of carbonyl (C=O) groups excluding carboxylic acids is 3.